The van der Waals surface area contributed by atoms with Gasteiger partial charge in [0.25, 0.3) is 0 Å². The zero-order valence-electron chi connectivity index (χ0n) is 23.0. The third kappa shape index (κ3) is 7.39. The topological polar surface area (TPSA) is 138 Å². The van der Waals surface area contributed by atoms with Gasteiger partial charge < -0.3 is 26.4 Å². The number of benzene rings is 1. The molecule has 4 atom stereocenters. The van der Waals surface area contributed by atoms with E-state index in [0.29, 0.717) is 13.0 Å². The number of nitrogens with one attached hydrogen (secondary N) is 2. The fourth-order valence-electron chi connectivity index (χ4n) is 4.68. The molecule has 10 heteroatoms. The van der Waals surface area contributed by atoms with Crippen molar-refractivity contribution in [2.45, 2.75) is 84.5 Å². The van der Waals surface area contributed by atoms with Crippen molar-refractivity contribution in [1.29, 1.82) is 0 Å². The second kappa shape index (κ2) is 12.8. The summed E-state index contributed by atoms with van der Waals surface area (Å²) in [5.41, 5.74) is 9.74. The summed E-state index contributed by atoms with van der Waals surface area (Å²) in [6.07, 6.45) is 0.988. The first-order valence-electron chi connectivity index (χ1n) is 13.2. The van der Waals surface area contributed by atoms with Gasteiger partial charge in [-0.2, -0.15) is 0 Å². The second-order valence-electron chi connectivity index (χ2n) is 11.1. The number of aliphatic hydroxyl groups is 1. The summed E-state index contributed by atoms with van der Waals surface area (Å²) in [4.78, 5) is 46.4. The van der Waals surface area contributed by atoms with Crippen molar-refractivity contribution in [3.8, 4) is 10.4 Å². The Morgan fingerprint density at radius 3 is 2.45 bits per heavy atom. The first-order chi connectivity index (χ1) is 17.9. The van der Waals surface area contributed by atoms with Crippen LogP contribution in [0.3, 0.4) is 0 Å². The van der Waals surface area contributed by atoms with E-state index in [0.717, 1.165) is 28.1 Å². The lowest BCUT2D eigenvalue weighted by Gasteiger charge is -2.35. The first kappa shape index (κ1) is 29.7. The zero-order chi connectivity index (χ0) is 28.0. The molecule has 208 valence electrons. The molecule has 5 N–H and O–H groups in total. The summed E-state index contributed by atoms with van der Waals surface area (Å²) < 4.78 is 0. The number of carbonyl (C=O) groups excluding carboxylic acids is 3. The van der Waals surface area contributed by atoms with E-state index in [-0.39, 0.29) is 43.1 Å². The Kier molecular flexibility index (Phi) is 10.0. The number of β-amino-alcohol motifs (C(OH)–C–C–N with tert-alkyl or cyclic N) is 1. The quantitative estimate of drug-likeness (QED) is 0.340. The smallest absolute Gasteiger partial charge is 0.246 e. The summed E-state index contributed by atoms with van der Waals surface area (Å²) in [5, 5.41) is 16.3. The van der Waals surface area contributed by atoms with Crippen LogP contribution >= 0.6 is 11.3 Å². The molecule has 9 nitrogen and oxygen atoms in total. The molecule has 1 fully saturated rings. The number of rotatable bonds is 10. The normalized spacial score (nSPS) is 19.2. The number of likely N-dealkylation sites (tertiary alicyclic amines) is 1. The highest BCUT2D eigenvalue weighted by molar-refractivity contribution is 7.13. The minimum absolute atomic E-state index is 0.0455. The Hall–Kier alpha value is -2.82. The maximum atomic E-state index is 13.6. The molecule has 38 heavy (non-hydrogen) atoms. The molecular weight excluding hydrogens is 502 g/mol. The molecule has 0 aliphatic carbocycles. The second-order valence-corrected chi connectivity index (χ2v) is 12.0. The highest BCUT2D eigenvalue weighted by atomic mass is 32.1. The van der Waals surface area contributed by atoms with Gasteiger partial charge in [0.1, 0.15) is 12.1 Å². The van der Waals surface area contributed by atoms with Gasteiger partial charge in [-0.25, -0.2) is 4.98 Å². The number of amides is 3. The summed E-state index contributed by atoms with van der Waals surface area (Å²) in [6, 6.07) is 6.03. The van der Waals surface area contributed by atoms with Crippen molar-refractivity contribution in [1.82, 2.24) is 20.5 Å². The van der Waals surface area contributed by atoms with Crippen molar-refractivity contribution in [3.63, 3.8) is 0 Å². The van der Waals surface area contributed by atoms with Crippen LogP contribution < -0.4 is 16.4 Å². The van der Waals surface area contributed by atoms with Crippen LogP contribution in [-0.2, 0) is 14.4 Å². The standard InChI is InChI=1S/C28H41N5O4S/c1-17(19-9-11-20(12-10-19)24-18(2)30-16-38-24)31-26(36)22-14-21(34)15-33(22)27(37)25(28(3,4)5)32-23(35)8-6-7-13-29/h9-12,16-17,21-22,25,34H,6-8,13-15,29H2,1-5H3,(H,31,36)(H,32,35)/t17?,21-,22+,25?/m1/s1. The molecular formula is C28H41N5O4S. The van der Waals surface area contributed by atoms with Crippen LogP contribution in [0.25, 0.3) is 10.4 Å². The number of aliphatic hydroxyl groups excluding tert-OH is 1. The molecule has 2 heterocycles. The molecule has 1 aliphatic rings. The van der Waals surface area contributed by atoms with Gasteiger partial charge in [0.15, 0.2) is 0 Å². The molecule has 0 spiro atoms. The Bertz CT molecular complexity index is 1110. The van der Waals surface area contributed by atoms with Gasteiger partial charge in [0.05, 0.1) is 28.2 Å². The number of nitrogens with zero attached hydrogens (tertiary/aromatic N) is 2. The summed E-state index contributed by atoms with van der Waals surface area (Å²) in [7, 11) is 0. The van der Waals surface area contributed by atoms with Gasteiger partial charge in [0.2, 0.25) is 17.7 Å². The van der Waals surface area contributed by atoms with Gasteiger partial charge in [-0.05, 0) is 49.8 Å². The van der Waals surface area contributed by atoms with E-state index in [1.807, 2.05) is 64.4 Å². The maximum Gasteiger partial charge on any atom is 0.246 e. The monoisotopic (exact) mass is 543 g/mol. The van der Waals surface area contributed by atoms with Crippen molar-refractivity contribution < 1.29 is 19.5 Å². The lowest BCUT2D eigenvalue weighted by molar-refractivity contribution is -0.144. The molecule has 3 amide bonds. The molecule has 1 aliphatic heterocycles. The van der Waals surface area contributed by atoms with E-state index >= 15 is 0 Å². The number of carbonyl (C=O) groups is 3. The van der Waals surface area contributed by atoms with Crippen molar-refractivity contribution in [3.05, 3.63) is 41.0 Å². The Labute approximate surface area is 229 Å². The number of unbranched alkanes of at least 4 members (excludes halogenated alkanes) is 1. The molecule has 0 radical (unpaired) electrons. The molecule has 0 bridgehead atoms. The molecule has 1 aromatic heterocycles. The Balaban J connectivity index is 1.69. The Morgan fingerprint density at radius 1 is 1.18 bits per heavy atom. The van der Waals surface area contributed by atoms with E-state index in [4.69, 9.17) is 5.73 Å². The van der Waals surface area contributed by atoms with E-state index in [9.17, 15) is 19.5 Å². The summed E-state index contributed by atoms with van der Waals surface area (Å²) in [6.45, 7) is 10.0. The van der Waals surface area contributed by atoms with Crippen molar-refractivity contribution in [2.75, 3.05) is 13.1 Å². The van der Waals surface area contributed by atoms with Gasteiger partial charge in [-0.3, -0.25) is 14.4 Å². The highest BCUT2D eigenvalue weighted by Gasteiger charge is 2.44. The van der Waals surface area contributed by atoms with Crippen molar-refractivity contribution >= 4 is 29.1 Å². The van der Waals surface area contributed by atoms with E-state index < -0.39 is 23.6 Å². The van der Waals surface area contributed by atoms with Gasteiger partial charge in [0, 0.05) is 19.4 Å². The molecule has 3 rings (SSSR count). The average Bonchev–Trinajstić information content (AvgIpc) is 3.47. The average molecular weight is 544 g/mol. The number of hydrogen-bond acceptors (Lipinski definition) is 7. The summed E-state index contributed by atoms with van der Waals surface area (Å²) in [5.74, 6) is -0.914. The third-order valence-corrected chi connectivity index (χ3v) is 7.90. The van der Waals surface area contributed by atoms with Crippen LogP contribution in [-0.4, -0.2) is 64.0 Å². The molecule has 0 saturated carbocycles. The number of hydrogen-bond donors (Lipinski definition) is 4. The van der Waals surface area contributed by atoms with E-state index in [2.05, 4.69) is 15.6 Å². The van der Waals surface area contributed by atoms with Crippen LogP contribution in [0, 0.1) is 12.3 Å². The largest absolute Gasteiger partial charge is 0.391 e. The first-order valence-corrected chi connectivity index (χ1v) is 14.1. The third-order valence-electron chi connectivity index (χ3n) is 6.92. The SMILES string of the molecule is Cc1ncsc1-c1ccc(C(C)NC(=O)[C@@H]2C[C@@H](O)CN2C(=O)C(NC(=O)CCCCN)C(C)(C)C)cc1. The summed E-state index contributed by atoms with van der Waals surface area (Å²) >= 11 is 1.59. The molecule has 1 aromatic carbocycles. The number of aryl methyl sites for hydroxylation is 1. The highest BCUT2D eigenvalue weighted by Crippen LogP contribution is 2.29. The lowest BCUT2D eigenvalue weighted by Crippen LogP contribution is -2.57. The van der Waals surface area contributed by atoms with Gasteiger partial charge in [-0.1, -0.05) is 45.0 Å². The van der Waals surface area contributed by atoms with E-state index in [1.54, 1.807) is 11.3 Å². The molecule has 2 aromatic rings. The zero-order valence-corrected chi connectivity index (χ0v) is 23.8. The number of aromatic nitrogens is 1. The predicted molar refractivity (Wildman–Crippen MR) is 149 cm³/mol. The number of thiazole rings is 1. The molecule has 2 unspecified atom stereocenters. The maximum absolute atomic E-state index is 13.6. The Morgan fingerprint density at radius 2 is 1.87 bits per heavy atom. The fraction of sp³-hybridized carbons (Fsp3) is 0.571. The van der Waals surface area contributed by atoms with Gasteiger partial charge >= 0.3 is 0 Å². The van der Waals surface area contributed by atoms with Crippen LogP contribution in [0.1, 0.15) is 70.7 Å². The lowest BCUT2D eigenvalue weighted by atomic mass is 9.85. The minimum Gasteiger partial charge on any atom is -0.391 e. The fourth-order valence-corrected chi connectivity index (χ4v) is 5.49. The predicted octanol–water partition coefficient (Wildman–Crippen LogP) is 2.92. The minimum atomic E-state index is -0.825. The van der Waals surface area contributed by atoms with Crippen molar-refractivity contribution in [2.24, 2.45) is 11.1 Å². The van der Waals surface area contributed by atoms with E-state index in [1.165, 1.54) is 4.90 Å². The number of nitrogens with two attached hydrogens (primary N) is 1. The molecule has 1 saturated heterocycles. The van der Waals surface area contributed by atoms with Crippen LogP contribution in [0.2, 0.25) is 0 Å². The van der Waals surface area contributed by atoms with Crippen LogP contribution in [0.15, 0.2) is 29.8 Å². The van der Waals surface area contributed by atoms with Crippen LogP contribution in [0.5, 0.6) is 0 Å². The van der Waals surface area contributed by atoms with Crippen LogP contribution in [0.4, 0.5) is 0 Å². The van der Waals surface area contributed by atoms with Gasteiger partial charge in [-0.15, -0.1) is 11.3 Å².